The standard InChI is InChI=1S/C9H16N2O/c1-3-4-5-6-9(12)11-7-8(2)10/h3-6,8H,7,10H2,1-2H3,(H,11,12). The molecule has 0 saturated carbocycles. The summed E-state index contributed by atoms with van der Waals surface area (Å²) in [6, 6.07) is 0.00377. The molecule has 0 aliphatic rings. The van der Waals surface area contributed by atoms with Crippen LogP contribution in [-0.2, 0) is 4.79 Å². The van der Waals surface area contributed by atoms with Gasteiger partial charge < -0.3 is 11.1 Å². The highest BCUT2D eigenvalue weighted by Gasteiger charge is 1.95. The van der Waals surface area contributed by atoms with Crippen molar-refractivity contribution in [3.63, 3.8) is 0 Å². The monoisotopic (exact) mass is 168 g/mol. The van der Waals surface area contributed by atoms with Crippen LogP contribution in [0.25, 0.3) is 0 Å². The Labute approximate surface area is 73.3 Å². The van der Waals surface area contributed by atoms with Crippen molar-refractivity contribution < 1.29 is 4.79 Å². The predicted molar refractivity (Wildman–Crippen MR) is 50.6 cm³/mol. The number of nitrogens with two attached hydrogens (primary N) is 1. The lowest BCUT2D eigenvalue weighted by atomic mass is 10.3. The minimum Gasteiger partial charge on any atom is -0.351 e. The molecule has 0 radical (unpaired) electrons. The third kappa shape index (κ3) is 7.02. The fourth-order valence-corrected chi connectivity index (χ4v) is 0.575. The maximum absolute atomic E-state index is 10.9. The van der Waals surface area contributed by atoms with Gasteiger partial charge in [0.15, 0.2) is 0 Å². The molecule has 0 aromatic heterocycles. The molecule has 3 N–H and O–H groups in total. The predicted octanol–water partition coefficient (Wildman–Crippen LogP) is 0.582. The molecule has 1 amide bonds. The van der Waals surface area contributed by atoms with Crippen molar-refractivity contribution in [3.05, 3.63) is 24.3 Å². The molecule has 0 rings (SSSR count). The van der Waals surface area contributed by atoms with Crippen molar-refractivity contribution in [3.8, 4) is 0 Å². The number of carbonyl (C=O) groups excluding carboxylic acids is 1. The Bertz CT molecular complexity index is 183. The summed E-state index contributed by atoms with van der Waals surface area (Å²) < 4.78 is 0. The van der Waals surface area contributed by atoms with Gasteiger partial charge in [0.2, 0.25) is 5.91 Å². The summed E-state index contributed by atoms with van der Waals surface area (Å²) in [6.07, 6.45) is 6.82. The Morgan fingerprint density at radius 1 is 1.58 bits per heavy atom. The maximum atomic E-state index is 10.9. The Hall–Kier alpha value is -1.09. The highest BCUT2D eigenvalue weighted by molar-refractivity contribution is 5.87. The molecule has 0 saturated heterocycles. The van der Waals surface area contributed by atoms with E-state index >= 15 is 0 Å². The van der Waals surface area contributed by atoms with E-state index in [-0.39, 0.29) is 11.9 Å². The molecule has 0 heterocycles. The first-order valence-electron chi connectivity index (χ1n) is 3.99. The average Bonchev–Trinajstić information content (AvgIpc) is 2.01. The van der Waals surface area contributed by atoms with Gasteiger partial charge in [-0.25, -0.2) is 0 Å². The van der Waals surface area contributed by atoms with E-state index in [0.717, 1.165) is 0 Å². The molecule has 3 heteroatoms. The van der Waals surface area contributed by atoms with Crippen LogP contribution in [-0.4, -0.2) is 18.5 Å². The second-order valence-electron chi connectivity index (χ2n) is 2.61. The van der Waals surface area contributed by atoms with Crippen LogP contribution in [0, 0.1) is 0 Å². The van der Waals surface area contributed by atoms with Gasteiger partial charge in [-0.3, -0.25) is 4.79 Å². The molecule has 68 valence electrons. The topological polar surface area (TPSA) is 55.1 Å². The van der Waals surface area contributed by atoms with Crippen LogP contribution >= 0.6 is 0 Å². The van der Waals surface area contributed by atoms with Gasteiger partial charge in [-0.1, -0.05) is 18.2 Å². The first-order valence-corrected chi connectivity index (χ1v) is 3.99. The van der Waals surface area contributed by atoms with Crippen LogP contribution in [0.5, 0.6) is 0 Å². The van der Waals surface area contributed by atoms with Crippen molar-refractivity contribution >= 4 is 5.91 Å². The molecule has 0 bridgehead atoms. The Morgan fingerprint density at radius 2 is 2.25 bits per heavy atom. The van der Waals surface area contributed by atoms with E-state index in [1.54, 1.807) is 12.2 Å². The van der Waals surface area contributed by atoms with E-state index in [0.29, 0.717) is 6.54 Å². The molecule has 0 aliphatic heterocycles. The lowest BCUT2D eigenvalue weighted by Crippen LogP contribution is -2.34. The van der Waals surface area contributed by atoms with Crippen molar-refractivity contribution in [2.45, 2.75) is 19.9 Å². The molecule has 0 spiro atoms. The van der Waals surface area contributed by atoms with Gasteiger partial charge in [0.05, 0.1) is 0 Å². The number of hydrogen-bond donors (Lipinski definition) is 2. The van der Waals surface area contributed by atoms with Crippen LogP contribution in [0.3, 0.4) is 0 Å². The lowest BCUT2D eigenvalue weighted by Gasteiger charge is -2.03. The number of carbonyl (C=O) groups is 1. The average molecular weight is 168 g/mol. The minimum absolute atomic E-state index is 0.00377. The number of amides is 1. The summed E-state index contributed by atoms with van der Waals surface area (Å²) in [4.78, 5) is 10.9. The summed E-state index contributed by atoms with van der Waals surface area (Å²) in [5.74, 6) is -0.106. The third-order valence-corrected chi connectivity index (χ3v) is 1.15. The van der Waals surface area contributed by atoms with Crippen LogP contribution < -0.4 is 11.1 Å². The van der Waals surface area contributed by atoms with E-state index in [9.17, 15) is 4.79 Å². The largest absolute Gasteiger partial charge is 0.351 e. The second-order valence-corrected chi connectivity index (χ2v) is 2.61. The minimum atomic E-state index is -0.106. The van der Waals surface area contributed by atoms with Gasteiger partial charge in [0.1, 0.15) is 0 Å². The Balaban J connectivity index is 3.59. The fourth-order valence-electron chi connectivity index (χ4n) is 0.575. The zero-order chi connectivity index (χ0) is 9.40. The highest BCUT2D eigenvalue weighted by atomic mass is 16.1. The summed E-state index contributed by atoms with van der Waals surface area (Å²) in [5.41, 5.74) is 5.44. The molecular weight excluding hydrogens is 152 g/mol. The van der Waals surface area contributed by atoms with Gasteiger partial charge in [0.25, 0.3) is 0 Å². The van der Waals surface area contributed by atoms with E-state index in [2.05, 4.69) is 5.32 Å². The summed E-state index contributed by atoms with van der Waals surface area (Å²) in [7, 11) is 0. The molecule has 0 fully saturated rings. The molecule has 1 atom stereocenters. The molecular formula is C9H16N2O. The first-order chi connectivity index (χ1) is 5.66. The molecule has 0 aliphatic carbocycles. The van der Waals surface area contributed by atoms with E-state index < -0.39 is 0 Å². The van der Waals surface area contributed by atoms with Crippen molar-refractivity contribution in [2.24, 2.45) is 5.73 Å². The number of nitrogens with one attached hydrogen (secondary N) is 1. The smallest absolute Gasteiger partial charge is 0.244 e. The summed E-state index contributed by atoms with van der Waals surface area (Å²) in [5, 5.41) is 2.66. The normalized spacial score (nSPS) is 13.9. The molecule has 1 unspecified atom stereocenters. The molecule has 0 aromatic carbocycles. The Morgan fingerprint density at radius 3 is 2.75 bits per heavy atom. The quantitative estimate of drug-likeness (QED) is 0.476. The molecule has 0 aromatic rings. The second kappa shape index (κ2) is 6.61. The first kappa shape index (κ1) is 10.9. The zero-order valence-electron chi connectivity index (χ0n) is 7.58. The van der Waals surface area contributed by atoms with Crippen molar-refractivity contribution in [1.29, 1.82) is 0 Å². The van der Waals surface area contributed by atoms with E-state index in [1.165, 1.54) is 6.08 Å². The number of allylic oxidation sites excluding steroid dienone is 3. The maximum Gasteiger partial charge on any atom is 0.244 e. The van der Waals surface area contributed by atoms with Crippen LogP contribution in [0.2, 0.25) is 0 Å². The summed E-state index contributed by atoms with van der Waals surface area (Å²) in [6.45, 7) is 4.25. The van der Waals surface area contributed by atoms with Gasteiger partial charge in [-0.05, 0) is 13.8 Å². The van der Waals surface area contributed by atoms with Gasteiger partial charge >= 0.3 is 0 Å². The van der Waals surface area contributed by atoms with Crippen LogP contribution in [0.15, 0.2) is 24.3 Å². The van der Waals surface area contributed by atoms with Crippen molar-refractivity contribution in [2.75, 3.05) is 6.54 Å². The van der Waals surface area contributed by atoms with Gasteiger partial charge in [0, 0.05) is 18.7 Å². The molecule has 3 nitrogen and oxygen atoms in total. The molecule has 12 heavy (non-hydrogen) atoms. The number of hydrogen-bond acceptors (Lipinski definition) is 2. The van der Waals surface area contributed by atoms with Crippen LogP contribution in [0.1, 0.15) is 13.8 Å². The lowest BCUT2D eigenvalue weighted by molar-refractivity contribution is -0.116. The van der Waals surface area contributed by atoms with Gasteiger partial charge in [-0.15, -0.1) is 0 Å². The van der Waals surface area contributed by atoms with E-state index in [1.807, 2.05) is 19.9 Å². The summed E-state index contributed by atoms with van der Waals surface area (Å²) >= 11 is 0. The Kier molecular flexibility index (Phi) is 6.01. The van der Waals surface area contributed by atoms with E-state index in [4.69, 9.17) is 5.73 Å². The van der Waals surface area contributed by atoms with Gasteiger partial charge in [-0.2, -0.15) is 0 Å². The zero-order valence-corrected chi connectivity index (χ0v) is 7.58. The number of rotatable bonds is 4. The van der Waals surface area contributed by atoms with Crippen LogP contribution in [0.4, 0.5) is 0 Å². The highest BCUT2D eigenvalue weighted by Crippen LogP contribution is 1.78. The fraction of sp³-hybridized carbons (Fsp3) is 0.444. The van der Waals surface area contributed by atoms with Crippen molar-refractivity contribution in [1.82, 2.24) is 5.32 Å². The third-order valence-electron chi connectivity index (χ3n) is 1.15. The SMILES string of the molecule is CC=CC=CC(=O)NCC(C)N.